The molecule has 38 heavy (non-hydrogen) atoms. The molecule has 2 aromatic carbocycles. The third-order valence-electron chi connectivity index (χ3n) is 6.82. The lowest BCUT2D eigenvalue weighted by Crippen LogP contribution is -2.41. The van der Waals surface area contributed by atoms with Gasteiger partial charge in [-0.3, -0.25) is 0 Å². The van der Waals surface area contributed by atoms with Gasteiger partial charge in [0.15, 0.2) is 0 Å². The average molecular weight is 521 g/mol. The Morgan fingerprint density at radius 2 is 1.34 bits per heavy atom. The molecule has 6 heteroatoms. The van der Waals surface area contributed by atoms with Gasteiger partial charge in [0, 0.05) is 30.2 Å². The van der Waals surface area contributed by atoms with E-state index in [1.165, 1.54) is 0 Å². The molecule has 2 N–H and O–H groups in total. The molecule has 208 valence electrons. The van der Waals surface area contributed by atoms with Crippen molar-refractivity contribution in [3.05, 3.63) is 42.0 Å². The molecule has 0 saturated heterocycles. The van der Waals surface area contributed by atoms with Crippen LogP contribution in [0, 0.1) is 5.41 Å². The summed E-state index contributed by atoms with van der Waals surface area (Å²) in [5.74, 6) is 1.36. The summed E-state index contributed by atoms with van der Waals surface area (Å²) in [4.78, 5) is 11.5. The van der Waals surface area contributed by atoms with Crippen LogP contribution in [0.3, 0.4) is 0 Å². The summed E-state index contributed by atoms with van der Waals surface area (Å²) in [7, 11) is 2.08. The zero-order valence-corrected chi connectivity index (χ0v) is 25.6. The topological polar surface area (TPSA) is 72.4 Å². The summed E-state index contributed by atoms with van der Waals surface area (Å²) in [5.41, 5.74) is 8.69. The van der Waals surface area contributed by atoms with Crippen molar-refractivity contribution in [2.45, 2.75) is 111 Å². The molecule has 1 heterocycles. The molecule has 2 aromatic rings. The molecule has 1 unspecified atom stereocenters. The van der Waals surface area contributed by atoms with Gasteiger partial charge in [0.2, 0.25) is 0 Å². The summed E-state index contributed by atoms with van der Waals surface area (Å²) >= 11 is 0. The Morgan fingerprint density at radius 3 is 1.84 bits per heavy atom. The first-order valence-electron chi connectivity index (χ1n) is 13.5. The second kappa shape index (κ2) is 10.1. The van der Waals surface area contributed by atoms with Crippen molar-refractivity contribution < 1.29 is 9.47 Å². The summed E-state index contributed by atoms with van der Waals surface area (Å²) in [6, 6.07) is 15.0. The van der Waals surface area contributed by atoms with Gasteiger partial charge < -0.3 is 20.1 Å². The average Bonchev–Trinajstić information content (AvgIpc) is 2.70. The van der Waals surface area contributed by atoms with Crippen molar-refractivity contribution in [1.29, 1.82) is 0 Å². The fourth-order valence-corrected chi connectivity index (χ4v) is 5.35. The van der Waals surface area contributed by atoms with E-state index < -0.39 is 16.7 Å². The van der Waals surface area contributed by atoms with Crippen molar-refractivity contribution in [2.75, 3.05) is 11.9 Å². The third kappa shape index (κ3) is 7.61. The predicted molar refractivity (Wildman–Crippen MR) is 160 cm³/mol. The lowest BCUT2D eigenvalue weighted by Gasteiger charge is -2.37. The van der Waals surface area contributed by atoms with Crippen LogP contribution in [0.25, 0.3) is 0 Å². The zero-order chi connectivity index (χ0) is 28.7. The fraction of sp³-hybridized carbons (Fsp3) is 0.594. The van der Waals surface area contributed by atoms with Gasteiger partial charge in [0.25, 0.3) is 0 Å². The minimum atomic E-state index is -0.520. The van der Waals surface area contributed by atoms with Crippen molar-refractivity contribution in [3.63, 3.8) is 0 Å². The number of rotatable bonds is 3. The molecule has 1 atom stereocenters. The molecule has 0 bridgehead atoms. The molecule has 0 fully saturated rings. The van der Waals surface area contributed by atoms with Gasteiger partial charge in [-0.25, -0.2) is 0 Å². The highest BCUT2D eigenvalue weighted by Crippen LogP contribution is 2.41. The highest BCUT2D eigenvalue weighted by atomic mass is 16.5. The van der Waals surface area contributed by atoms with E-state index in [1.54, 1.807) is 0 Å². The molecule has 3 rings (SSSR count). The maximum atomic E-state index is 6.81. The van der Waals surface area contributed by atoms with E-state index in [0.29, 0.717) is 29.3 Å². The first kappa shape index (κ1) is 29.7. The Labute approximate surface area is 230 Å². The minimum Gasteiger partial charge on any atom is -0.485 e. The Morgan fingerprint density at radius 1 is 0.842 bits per heavy atom. The number of ether oxygens (including phenoxy) is 2. The Bertz CT molecular complexity index is 1220. The molecule has 1 aliphatic rings. The summed E-state index contributed by atoms with van der Waals surface area (Å²) in [6.45, 7) is 23.5. The van der Waals surface area contributed by atoms with Crippen LogP contribution in [0.1, 0.15) is 94.6 Å². The van der Waals surface area contributed by atoms with Gasteiger partial charge in [-0.2, -0.15) is 9.98 Å². The molecular weight excluding hydrogens is 472 g/mol. The monoisotopic (exact) mass is 520 g/mol. The number of fused-ring (bicyclic) bond motifs is 2. The van der Waals surface area contributed by atoms with Crippen molar-refractivity contribution in [2.24, 2.45) is 21.1 Å². The minimum absolute atomic E-state index is 0.0455. The van der Waals surface area contributed by atoms with E-state index in [0.717, 1.165) is 17.7 Å². The van der Waals surface area contributed by atoms with Gasteiger partial charge >= 0.3 is 0 Å². The lowest BCUT2D eigenvalue weighted by atomic mass is 9.77. The summed E-state index contributed by atoms with van der Waals surface area (Å²) in [5, 5.41) is 0. The lowest BCUT2D eigenvalue weighted by molar-refractivity contribution is 0.00559. The maximum absolute atomic E-state index is 6.81. The van der Waals surface area contributed by atoms with Crippen molar-refractivity contribution >= 4 is 23.1 Å². The fourth-order valence-electron chi connectivity index (χ4n) is 5.35. The number of nitrogens with zero attached hydrogens (tertiary/aromatic N) is 3. The number of hydrogen-bond acceptors (Lipinski definition) is 6. The van der Waals surface area contributed by atoms with Gasteiger partial charge in [0.1, 0.15) is 40.1 Å². The molecular formula is C32H48N4O2. The largest absolute Gasteiger partial charge is 0.485 e. The molecule has 0 amide bonds. The number of nitrogens with two attached hydrogens (primary N) is 1. The Balaban J connectivity index is 2.18. The van der Waals surface area contributed by atoms with Crippen molar-refractivity contribution in [1.82, 2.24) is 0 Å². The molecule has 1 aliphatic heterocycles. The Kier molecular flexibility index (Phi) is 7.87. The van der Waals surface area contributed by atoms with E-state index in [-0.39, 0.29) is 11.0 Å². The van der Waals surface area contributed by atoms with Gasteiger partial charge in [-0.05, 0) is 103 Å². The van der Waals surface area contributed by atoms with Gasteiger partial charge in [-0.1, -0.05) is 26.8 Å². The highest BCUT2D eigenvalue weighted by Gasteiger charge is 2.34. The van der Waals surface area contributed by atoms with Gasteiger partial charge in [-0.15, -0.1) is 0 Å². The van der Waals surface area contributed by atoms with Crippen LogP contribution in [0.4, 0.5) is 17.1 Å². The van der Waals surface area contributed by atoms with E-state index >= 15 is 0 Å². The van der Waals surface area contributed by atoms with Crippen molar-refractivity contribution in [3.8, 4) is 11.5 Å². The smallest absolute Gasteiger partial charge is 0.146 e. The summed E-state index contributed by atoms with van der Waals surface area (Å²) < 4.78 is 13.1. The highest BCUT2D eigenvalue weighted by molar-refractivity contribution is 5.69. The molecule has 6 nitrogen and oxygen atoms in total. The van der Waals surface area contributed by atoms with Crippen LogP contribution in [0.15, 0.2) is 46.4 Å². The van der Waals surface area contributed by atoms with Crippen LogP contribution >= 0.6 is 0 Å². The van der Waals surface area contributed by atoms with Gasteiger partial charge in [0.05, 0.1) is 0 Å². The van der Waals surface area contributed by atoms with E-state index in [2.05, 4.69) is 110 Å². The van der Waals surface area contributed by atoms with E-state index in [1.807, 2.05) is 30.3 Å². The Hall–Kier alpha value is -2.82. The standard InChI is InChI=1S/C32H48N4O2/c1-28(2,3)19-32(11,33)22-13-15-26-24(17-22)34-21-35-25-18-23(36(12)29(4,5)6)14-16-27(25)38-31(9,10)20-30(7,8)37-26/h13-18H,19-20,33H2,1-12H3. The quantitative estimate of drug-likeness (QED) is 0.441. The normalized spacial score (nSPS) is 18.6. The molecule has 0 spiro atoms. The third-order valence-corrected chi connectivity index (χ3v) is 6.82. The van der Waals surface area contributed by atoms with Crippen LogP contribution in [-0.4, -0.2) is 29.8 Å². The van der Waals surface area contributed by atoms with Crippen LogP contribution in [0.5, 0.6) is 11.5 Å². The molecule has 0 aromatic heterocycles. The number of benzene rings is 2. The number of hydrogen-bond donors (Lipinski definition) is 1. The van der Waals surface area contributed by atoms with Crippen LogP contribution < -0.4 is 20.1 Å². The predicted octanol–water partition coefficient (Wildman–Crippen LogP) is 8.39. The SMILES string of the molecule is CN(c1ccc2c(c1)N=C=Nc1cc(C(C)(N)CC(C)(C)C)ccc1OC(C)(C)CC(C)(C)O2)C(C)(C)C. The number of aliphatic imine (C=N–C) groups is 2. The van der Waals surface area contributed by atoms with E-state index in [4.69, 9.17) is 15.2 Å². The first-order valence-corrected chi connectivity index (χ1v) is 13.5. The van der Waals surface area contributed by atoms with Crippen LogP contribution in [-0.2, 0) is 5.54 Å². The van der Waals surface area contributed by atoms with Crippen LogP contribution in [0.2, 0.25) is 0 Å². The second-order valence-corrected chi connectivity index (χ2v) is 14.4. The zero-order valence-electron chi connectivity index (χ0n) is 25.6. The maximum Gasteiger partial charge on any atom is 0.146 e. The molecule has 0 saturated carbocycles. The second-order valence-electron chi connectivity index (χ2n) is 14.4. The van der Waals surface area contributed by atoms with E-state index in [9.17, 15) is 0 Å². The summed E-state index contributed by atoms with van der Waals surface area (Å²) in [6.07, 6.45) is 1.47. The first-order chi connectivity index (χ1) is 17.2. The number of anilines is 1. The molecule has 0 radical (unpaired) electrons. The molecule has 0 aliphatic carbocycles.